The van der Waals surface area contributed by atoms with Crippen LogP contribution in [0.3, 0.4) is 0 Å². The number of rotatable bonds is 9. The first-order chi connectivity index (χ1) is 10.7. The highest BCUT2D eigenvalue weighted by atomic mass is 31.2. The minimum atomic E-state index is -4.80. The van der Waals surface area contributed by atoms with Crippen LogP contribution in [0.25, 0.3) is 0 Å². The van der Waals surface area contributed by atoms with E-state index in [4.69, 9.17) is 19.7 Å². The maximum Gasteiger partial charge on any atom is 0.353 e. The quantitative estimate of drug-likeness (QED) is 0.191. The van der Waals surface area contributed by atoms with Gasteiger partial charge in [-0.25, -0.2) is 0 Å². The summed E-state index contributed by atoms with van der Waals surface area (Å²) in [5.41, 5.74) is 0.837. The fraction of sp³-hybridized carbons (Fsp3) is 0.462. The molecule has 1 unspecified atom stereocenters. The highest BCUT2D eigenvalue weighted by Gasteiger charge is 2.33. The van der Waals surface area contributed by atoms with Gasteiger partial charge >= 0.3 is 7.60 Å². The van der Waals surface area contributed by atoms with E-state index in [0.717, 1.165) is 11.8 Å². The molecule has 1 aromatic carbocycles. The summed E-state index contributed by atoms with van der Waals surface area (Å²) in [5, 5.41) is 41.3. The van der Waals surface area contributed by atoms with Crippen molar-refractivity contribution in [1.29, 1.82) is 0 Å². The van der Waals surface area contributed by atoms with Crippen molar-refractivity contribution in [3.63, 3.8) is 0 Å². The van der Waals surface area contributed by atoms with Crippen LogP contribution in [0.2, 0.25) is 0 Å². The second-order valence-corrected chi connectivity index (χ2v) is 6.64. The van der Waals surface area contributed by atoms with Crippen LogP contribution in [-0.2, 0) is 16.0 Å². The van der Waals surface area contributed by atoms with Gasteiger partial charge in [0.15, 0.2) is 5.85 Å². The molecule has 0 aliphatic carbocycles. The van der Waals surface area contributed by atoms with E-state index in [0.29, 0.717) is 0 Å². The molecule has 0 spiro atoms. The highest BCUT2D eigenvalue weighted by molar-refractivity contribution is 7.52. The second kappa shape index (κ2) is 9.09. The third-order valence-electron chi connectivity index (χ3n) is 2.95. The molecule has 10 heteroatoms. The Balaban J connectivity index is 2.41. The number of benzene rings is 1. The SMILES string of the molecule is O=P(O)(O)C(O)C[C@@H](O)[C@@H](O)[C@H](O)C=NOCc1ccccc1. The number of hydrogen-bond acceptors (Lipinski definition) is 7. The van der Waals surface area contributed by atoms with Crippen molar-refractivity contribution in [3.8, 4) is 0 Å². The summed E-state index contributed by atoms with van der Waals surface area (Å²) in [6, 6.07) is 9.05. The number of aliphatic hydroxyl groups excluding tert-OH is 4. The number of aliphatic hydroxyl groups is 4. The first-order valence-electron chi connectivity index (χ1n) is 6.68. The molecule has 0 aromatic heterocycles. The van der Waals surface area contributed by atoms with E-state index < -0.39 is 38.2 Å². The first kappa shape index (κ1) is 19.7. The van der Waals surface area contributed by atoms with Crippen LogP contribution in [-0.4, -0.2) is 60.6 Å². The van der Waals surface area contributed by atoms with E-state index in [9.17, 15) is 19.9 Å². The van der Waals surface area contributed by atoms with E-state index in [1.54, 1.807) is 12.1 Å². The number of nitrogens with zero attached hydrogens (tertiary/aromatic N) is 1. The summed E-state index contributed by atoms with van der Waals surface area (Å²) < 4.78 is 10.7. The van der Waals surface area contributed by atoms with Crippen LogP contribution < -0.4 is 0 Å². The van der Waals surface area contributed by atoms with Crippen LogP contribution in [0.1, 0.15) is 12.0 Å². The lowest BCUT2D eigenvalue weighted by molar-refractivity contribution is -0.0469. The molecular weight excluding hydrogens is 329 g/mol. The zero-order valence-corrected chi connectivity index (χ0v) is 13.0. The summed E-state index contributed by atoms with van der Waals surface area (Å²) >= 11 is 0. The topological polar surface area (TPSA) is 160 Å². The van der Waals surface area contributed by atoms with Gasteiger partial charge in [-0.3, -0.25) is 4.57 Å². The maximum absolute atomic E-state index is 10.7. The molecular formula is C13H20NO8P. The molecule has 0 radical (unpaired) electrons. The molecule has 0 heterocycles. The third-order valence-corrected chi connectivity index (χ3v) is 3.93. The molecule has 6 N–H and O–H groups in total. The van der Waals surface area contributed by atoms with E-state index in [2.05, 4.69) is 5.16 Å². The van der Waals surface area contributed by atoms with E-state index >= 15 is 0 Å². The standard InChI is InChI=1S/C13H20NO8P/c15-10(6-12(17)23(19,20)21)13(18)11(16)7-14-22-8-9-4-2-1-3-5-9/h1-5,7,10-13,15-18H,6,8H2,(H2,19,20,21)/t10-,11-,12?,13-/m1/s1. The van der Waals surface area contributed by atoms with Crippen LogP contribution in [0.5, 0.6) is 0 Å². The summed E-state index contributed by atoms with van der Waals surface area (Å²) in [7, 11) is -4.80. The Morgan fingerprint density at radius 1 is 1.13 bits per heavy atom. The molecule has 0 fully saturated rings. The van der Waals surface area contributed by atoms with Crippen LogP contribution in [0, 0.1) is 0 Å². The molecule has 0 bridgehead atoms. The highest BCUT2D eigenvalue weighted by Crippen LogP contribution is 2.41. The molecule has 9 nitrogen and oxygen atoms in total. The van der Waals surface area contributed by atoms with Gasteiger partial charge in [0, 0.05) is 6.42 Å². The zero-order chi connectivity index (χ0) is 17.5. The summed E-state index contributed by atoms with van der Waals surface area (Å²) in [4.78, 5) is 22.3. The Kier molecular flexibility index (Phi) is 7.80. The van der Waals surface area contributed by atoms with Crippen molar-refractivity contribution >= 4 is 13.8 Å². The lowest BCUT2D eigenvalue weighted by atomic mass is 10.1. The average molecular weight is 349 g/mol. The molecule has 130 valence electrons. The Hall–Kier alpha value is -1.32. The summed E-state index contributed by atoms with van der Waals surface area (Å²) in [6.45, 7) is 0.139. The number of oxime groups is 1. The molecule has 0 saturated carbocycles. The molecule has 0 amide bonds. The largest absolute Gasteiger partial charge is 0.391 e. The smallest absolute Gasteiger partial charge is 0.353 e. The van der Waals surface area contributed by atoms with Gasteiger partial charge in [0.25, 0.3) is 0 Å². The molecule has 4 atom stereocenters. The van der Waals surface area contributed by atoms with E-state index in [1.165, 1.54) is 0 Å². The van der Waals surface area contributed by atoms with Crippen molar-refractivity contribution in [2.24, 2.45) is 5.16 Å². The van der Waals surface area contributed by atoms with Gasteiger partial charge in [-0.15, -0.1) is 0 Å². The lowest BCUT2D eigenvalue weighted by Gasteiger charge is -2.22. The normalized spacial score (nSPS) is 17.7. The average Bonchev–Trinajstić information content (AvgIpc) is 2.50. The number of hydrogen-bond donors (Lipinski definition) is 6. The predicted molar refractivity (Wildman–Crippen MR) is 80.4 cm³/mol. The Bertz CT molecular complexity index is 534. The molecule has 0 aliphatic heterocycles. The third kappa shape index (κ3) is 7.19. The van der Waals surface area contributed by atoms with E-state index in [1.807, 2.05) is 18.2 Å². The zero-order valence-electron chi connectivity index (χ0n) is 12.1. The van der Waals surface area contributed by atoms with Gasteiger partial charge in [0.2, 0.25) is 0 Å². The monoisotopic (exact) mass is 349 g/mol. The molecule has 0 aliphatic rings. The van der Waals surface area contributed by atoms with Crippen molar-refractivity contribution in [3.05, 3.63) is 35.9 Å². The Morgan fingerprint density at radius 3 is 2.30 bits per heavy atom. The van der Waals surface area contributed by atoms with Gasteiger partial charge in [-0.05, 0) is 5.56 Å². The minimum Gasteiger partial charge on any atom is -0.391 e. The molecule has 1 aromatic rings. The maximum atomic E-state index is 10.7. The Morgan fingerprint density at radius 2 is 1.74 bits per heavy atom. The van der Waals surface area contributed by atoms with Gasteiger partial charge < -0.3 is 35.1 Å². The predicted octanol–water partition coefficient (Wildman–Crippen LogP) is -0.842. The van der Waals surface area contributed by atoms with Crippen LogP contribution >= 0.6 is 7.60 Å². The fourth-order valence-electron chi connectivity index (χ4n) is 1.60. The van der Waals surface area contributed by atoms with Gasteiger partial charge in [0.1, 0.15) is 18.8 Å². The Labute approximate surface area is 132 Å². The molecule has 1 rings (SSSR count). The van der Waals surface area contributed by atoms with Gasteiger partial charge in [0.05, 0.1) is 12.3 Å². The summed E-state index contributed by atoms with van der Waals surface area (Å²) in [6.07, 6.45) is -5.15. The molecule has 23 heavy (non-hydrogen) atoms. The minimum absolute atomic E-state index is 0.139. The second-order valence-electron chi connectivity index (χ2n) is 4.87. The van der Waals surface area contributed by atoms with Gasteiger partial charge in [-0.1, -0.05) is 35.5 Å². The van der Waals surface area contributed by atoms with Crippen LogP contribution in [0.4, 0.5) is 0 Å². The molecule has 0 saturated heterocycles. The van der Waals surface area contributed by atoms with Gasteiger partial charge in [-0.2, -0.15) is 0 Å². The summed E-state index contributed by atoms with van der Waals surface area (Å²) in [5.74, 6) is -2.13. The van der Waals surface area contributed by atoms with Crippen molar-refractivity contribution < 1.29 is 39.6 Å². The van der Waals surface area contributed by atoms with Crippen molar-refractivity contribution in [2.45, 2.75) is 37.2 Å². The van der Waals surface area contributed by atoms with Crippen molar-refractivity contribution in [1.82, 2.24) is 0 Å². The van der Waals surface area contributed by atoms with Crippen molar-refractivity contribution in [2.75, 3.05) is 0 Å². The lowest BCUT2D eigenvalue weighted by Crippen LogP contribution is -2.40. The first-order valence-corrected chi connectivity index (χ1v) is 8.37. The fourth-order valence-corrected chi connectivity index (χ4v) is 2.09. The van der Waals surface area contributed by atoms with E-state index in [-0.39, 0.29) is 6.61 Å². The van der Waals surface area contributed by atoms with Crippen LogP contribution in [0.15, 0.2) is 35.5 Å².